The second-order valence-corrected chi connectivity index (χ2v) is 4.70. The van der Waals surface area contributed by atoms with Crippen molar-refractivity contribution < 1.29 is 9.47 Å². The molecule has 4 heteroatoms. The molecular weight excluding hydrogens is 240 g/mol. The summed E-state index contributed by atoms with van der Waals surface area (Å²) >= 11 is 0. The van der Waals surface area contributed by atoms with Gasteiger partial charge in [-0.3, -0.25) is 0 Å². The zero-order chi connectivity index (χ0) is 14.1. The first-order valence-corrected chi connectivity index (χ1v) is 6.68. The Hall–Kier alpha value is -1.10. The minimum Gasteiger partial charge on any atom is -0.383 e. The lowest BCUT2D eigenvalue weighted by Gasteiger charge is -2.21. The molecule has 0 unspecified atom stereocenters. The van der Waals surface area contributed by atoms with Crippen LogP contribution in [0.4, 0.5) is 5.69 Å². The summed E-state index contributed by atoms with van der Waals surface area (Å²) in [6.07, 6.45) is 0. The molecule has 0 aliphatic carbocycles. The first kappa shape index (κ1) is 16.0. The maximum Gasteiger partial charge on any atom is 0.0637 e. The van der Waals surface area contributed by atoms with Gasteiger partial charge < -0.3 is 19.7 Å². The van der Waals surface area contributed by atoms with Gasteiger partial charge in [-0.25, -0.2) is 0 Å². The van der Waals surface area contributed by atoms with Crippen molar-refractivity contribution in [1.82, 2.24) is 5.32 Å². The van der Waals surface area contributed by atoms with Crippen LogP contribution in [0.3, 0.4) is 0 Å². The van der Waals surface area contributed by atoms with Gasteiger partial charge >= 0.3 is 0 Å². The van der Waals surface area contributed by atoms with Gasteiger partial charge in [0.25, 0.3) is 0 Å². The van der Waals surface area contributed by atoms with Gasteiger partial charge in [-0.2, -0.15) is 0 Å². The Morgan fingerprint density at radius 3 is 2.53 bits per heavy atom. The van der Waals surface area contributed by atoms with Crippen LogP contribution in [0, 0.1) is 6.92 Å². The number of benzene rings is 1. The normalized spacial score (nSPS) is 10.7. The Labute approximate surface area is 116 Å². The van der Waals surface area contributed by atoms with E-state index in [-0.39, 0.29) is 0 Å². The lowest BCUT2D eigenvalue weighted by Crippen LogP contribution is -2.23. The highest BCUT2D eigenvalue weighted by Crippen LogP contribution is 2.20. The molecule has 0 heterocycles. The first-order chi connectivity index (χ1) is 9.19. The molecule has 1 rings (SSSR count). The molecule has 0 saturated carbocycles. The highest BCUT2D eigenvalue weighted by molar-refractivity contribution is 5.53. The molecule has 19 heavy (non-hydrogen) atoms. The lowest BCUT2D eigenvalue weighted by molar-refractivity contribution is 0.199. The van der Waals surface area contributed by atoms with Crippen molar-refractivity contribution in [2.45, 2.75) is 13.5 Å². The highest BCUT2D eigenvalue weighted by atomic mass is 16.5. The summed E-state index contributed by atoms with van der Waals surface area (Å²) in [7, 11) is 5.55. The summed E-state index contributed by atoms with van der Waals surface area (Å²) in [6.45, 7) is 6.31. The van der Waals surface area contributed by atoms with Crippen molar-refractivity contribution >= 4 is 5.69 Å². The average molecular weight is 266 g/mol. The third kappa shape index (κ3) is 5.59. The van der Waals surface area contributed by atoms with Crippen molar-refractivity contribution in [2.75, 3.05) is 52.5 Å². The third-order valence-electron chi connectivity index (χ3n) is 3.12. The zero-order valence-electron chi connectivity index (χ0n) is 12.5. The van der Waals surface area contributed by atoms with E-state index >= 15 is 0 Å². The van der Waals surface area contributed by atoms with Crippen LogP contribution >= 0.6 is 0 Å². The first-order valence-electron chi connectivity index (χ1n) is 6.68. The number of anilines is 1. The summed E-state index contributed by atoms with van der Waals surface area (Å²) in [5.74, 6) is 0. The van der Waals surface area contributed by atoms with E-state index < -0.39 is 0 Å². The van der Waals surface area contributed by atoms with Gasteiger partial charge in [0, 0.05) is 46.6 Å². The van der Waals surface area contributed by atoms with Crippen LogP contribution in [0.1, 0.15) is 11.1 Å². The van der Waals surface area contributed by atoms with E-state index in [0.717, 1.165) is 32.8 Å². The Morgan fingerprint density at radius 1 is 1.16 bits per heavy atom. The summed E-state index contributed by atoms with van der Waals surface area (Å²) in [4.78, 5) is 2.22. The van der Waals surface area contributed by atoms with Crippen LogP contribution in [0.5, 0.6) is 0 Å². The van der Waals surface area contributed by atoms with Crippen molar-refractivity contribution in [2.24, 2.45) is 0 Å². The van der Waals surface area contributed by atoms with Gasteiger partial charge in [0.15, 0.2) is 0 Å². The number of hydrogen-bond donors (Lipinski definition) is 1. The Balaban J connectivity index is 2.53. The molecule has 0 aliphatic heterocycles. The zero-order valence-corrected chi connectivity index (χ0v) is 12.5. The molecule has 1 aromatic carbocycles. The summed E-state index contributed by atoms with van der Waals surface area (Å²) < 4.78 is 10.1. The number of rotatable bonds is 9. The molecule has 0 aliphatic rings. The van der Waals surface area contributed by atoms with E-state index in [1.54, 1.807) is 14.2 Å². The maximum absolute atomic E-state index is 5.11. The van der Waals surface area contributed by atoms with Crippen LogP contribution in [0.25, 0.3) is 0 Å². The van der Waals surface area contributed by atoms with E-state index in [0.29, 0.717) is 0 Å². The van der Waals surface area contributed by atoms with Gasteiger partial charge in [-0.1, -0.05) is 12.1 Å². The minimum atomic E-state index is 0.746. The lowest BCUT2D eigenvalue weighted by atomic mass is 10.1. The molecular formula is C15H26N2O2. The Bertz CT molecular complexity index is 369. The number of aryl methyl sites for hydroxylation is 1. The van der Waals surface area contributed by atoms with Crippen LogP contribution in [0.2, 0.25) is 0 Å². The van der Waals surface area contributed by atoms with E-state index in [2.05, 4.69) is 42.4 Å². The molecule has 0 fully saturated rings. The van der Waals surface area contributed by atoms with Crippen molar-refractivity contribution in [1.29, 1.82) is 0 Å². The van der Waals surface area contributed by atoms with Crippen LogP contribution < -0.4 is 10.2 Å². The molecule has 1 aromatic rings. The highest BCUT2D eigenvalue weighted by Gasteiger charge is 2.05. The number of likely N-dealkylation sites (N-methyl/N-ethyl adjacent to an activating group) is 1. The fourth-order valence-electron chi connectivity index (χ4n) is 2.01. The van der Waals surface area contributed by atoms with E-state index in [9.17, 15) is 0 Å². The SMILES string of the molecule is COCCNCc1ccc(N(C)CCOC)c(C)c1. The molecule has 0 atom stereocenters. The van der Waals surface area contributed by atoms with Gasteiger partial charge in [0.2, 0.25) is 0 Å². The topological polar surface area (TPSA) is 33.7 Å². The fourth-order valence-corrected chi connectivity index (χ4v) is 2.01. The molecule has 108 valence electrons. The standard InChI is InChI=1S/C15H26N2O2/c1-13-11-14(12-16-7-9-18-3)5-6-15(13)17(2)8-10-19-4/h5-6,11,16H,7-10,12H2,1-4H3. The third-order valence-corrected chi connectivity index (χ3v) is 3.12. The van der Waals surface area contributed by atoms with E-state index in [1.807, 2.05) is 0 Å². The fraction of sp³-hybridized carbons (Fsp3) is 0.600. The Morgan fingerprint density at radius 2 is 1.89 bits per heavy atom. The van der Waals surface area contributed by atoms with Gasteiger partial charge in [0.1, 0.15) is 0 Å². The molecule has 4 nitrogen and oxygen atoms in total. The van der Waals surface area contributed by atoms with Crippen LogP contribution in [-0.2, 0) is 16.0 Å². The largest absolute Gasteiger partial charge is 0.383 e. The monoisotopic (exact) mass is 266 g/mol. The number of hydrogen-bond acceptors (Lipinski definition) is 4. The van der Waals surface area contributed by atoms with Crippen molar-refractivity contribution in [3.8, 4) is 0 Å². The number of nitrogens with one attached hydrogen (secondary N) is 1. The van der Waals surface area contributed by atoms with Gasteiger partial charge in [-0.05, 0) is 24.1 Å². The molecule has 0 radical (unpaired) electrons. The van der Waals surface area contributed by atoms with E-state index in [4.69, 9.17) is 9.47 Å². The molecule has 0 amide bonds. The molecule has 0 saturated heterocycles. The number of methoxy groups -OCH3 is 2. The van der Waals surface area contributed by atoms with Crippen LogP contribution in [0.15, 0.2) is 18.2 Å². The van der Waals surface area contributed by atoms with Crippen molar-refractivity contribution in [3.05, 3.63) is 29.3 Å². The molecule has 1 N–H and O–H groups in total. The molecule has 0 spiro atoms. The quantitative estimate of drug-likeness (QED) is 0.691. The smallest absolute Gasteiger partial charge is 0.0637 e. The maximum atomic E-state index is 5.11. The molecule has 0 bridgehead atoms. The van der Waals surface area contributed by atoms with Crippen LogP contribution in [-0.4, -0.2) is 47.6 Å². The number of nitrogens with zero attached hydrogens (tertiary/aromatic N) is 1. The summed E-state index contributed by atoms with van der Waals surface area (Å²) in [6, 6.07) is 6.59. The summed E-state index contributed by atoms with van der Waals surface area (Å²) in [5, 5.41) is 3.35. The average Bonchev–Trinajstić information content (AvgIpc) is 2.41. The summed E-state index contributed by atoms with van der Waals surface area (Å²) in [5.41, 5.74) is 3.86. The minimum absolute atomic E-state index is 0.746. The van der Waals surface area contributed by atoms with Crippen molar-refractivity contribution in [3.63, 3.8) is 0 Å². The Kier molecular flexibility index (Phi) is 7.48. The van der Waals surface area contributed by atoms with Gasteiger partial charge in [-0.15, -0.1) is 0 Å². The predicted octanol–water partition coefficient (Wildman–Crippen LogP) is 1.81. The second kappa shape index (κ2) is 8.91. The van der Waals surface area contributed by atoms with E-state index in [1.165, 1.54) is 16.8 Å². The van der Waals surface area contributed by atoms with Gasteiger partial charge in [0.05, 0.1) is 13.2 Å². The molecule has 0 aromatic heterocycles. The number of ether oxygens (including phenoxy) is 2. The predicted molar refractivity (Wildman–Crippen MR) is 79.9 cm³/mol. The second-order valence-electron chi connectivity index (χ2n) is 4.70.